The summed E-state index contributed by atoms with van der Waals surface area (Å²) in [5.41, 5.74) is 3.33. The van der Waals surface area contributed by atoms with Crippen molar-refractivity contribution in [3.05, 3.63) is 54.9 Å². The van der Waals surface area contributed by atoms with Gasteiger partial charge < -0.3 is 20.3 Å². The van der Waals surface area contributed by atoms with Gasteiger partial charge in [0.25, 0.3) is 0 Å². The van der Waals surface area contributed by atoms with E-state index in [0.29, 0.717) is 39.9 Å². The monoisotopic (exact) mass is 460 g/mol. The molecule has 3 aromatic heterocycles. The number of rotatable bonds is 6. The van der Waals surface area contributed by atoms with Gasteiger partial charge in [-0.3, -0.25) is 0 Å². The molecule has 34 heavy (non-hydrogen) atoms. The largest absolute Gasteiger partial charge is 0.489 e. The lowest BCUT2D eigenvalue weighted by molar-refractivity contribution is 0.243. The Labute approximate surface area is 196 Å². The highest BCUT2D eigenvalue weighted by Crippen LogP contribution is 2.31. The number of benzene rings is 1. The van der Waals surface area contributed by atoms with E-state index < -0.39 is 0 Å². The van der Waals surface area contributed by atoms with Crippen LogP contribution in [0.3, 0.4) is 0 Å². The van der Waals surface area contributed by atoms with Gasteiger partial charge in [-0.05, 0) is 38.1 Å². The Kier molecular flexibility index (Phi) is 6.13. The topological polar surface area (TPSA) is 101 Å². The van der Waals surface area contributed by atoms with Crippen LogP contribution in [0.15, 0.2) is 49.1 Å². The van der Waals surface area contributed by atoms with Gasteiger partial charge in [0.2, 0.25) is 5.95 Å². The normalized spacial score (nSPS) is 13.9. The van der Waals surface area contributed by atoms with Crippen LogP contribution in [-0.2, 0) is 0 Å². The third kappa shape index (κ3) is 4.72. The van der Waals surface area contributed by atoms with E-state index in [-0.39, 0.29) is 11.9 Å². The minimum atomic E-state index is -0.376. The summed E-state index contributed by atoms with van der Waals surface area (Å²) >= 11 is 0. The van der Waals surface area contributed by atoms with Crippen LogP contribution < -0.4 is 20.3 Å². The van der Waals surface area contributed by atoms with E-state index in [9.17, 15) is 4.39 Å². The van der Waals surface area contributed by atoms with Gasteiger partial charge in [0.05, 0.1) is 23.0 Å². The molecule has 0 bridgehead atoms. The molecule has 4 heterocycles. The summed E-state index contributed by atoms with van der Waals surface area (Å²) in [4.78, 5) is 24.7. The molecule has 2 N–H and O–H groups in total. The maximum Gasteiger partial charge on any atom is 0.225 e. The van der Waals surface area contributed by atoms with Gasteiger partial charge >= 0.3 is 0 Å². The SMILES string of the molecule is CC(C)Oc1cc(F)ccc1Nc1ncnc2ccc(-c3cnc(N4CCNCC4)nc3)nc12. The van der Waals surface area contributed by atoms with E-state index in [4.69, 9.17) is 9.72 Å². The minimum absolute atomic E-state index is 0.113. The van der Waals surface area contributed by atoms with Crippen LogP contribution in [0.4, 0.5) is 21.8 Å². The molecule has 5 rings (SSSR count). The predicted octanol–water partition coefficient (Wildman–Crippen LogP) is 3.56. The van der Waals surface area contributed by atoms with E-state index in [1.165, 1.54) is 18.5 Å². The zero-order valence-corrected chi connectivity index (χ0v) is 19.0. The van der Waals surface area contributed by atoms with Crippen molar-refractivity contribution < 1.29 is 9.13 Å². The number of ether oxygens (including phenoxy) is 1. The number of aromatic nitrogens is 5. The van der Waals surface area contributed by atoms with Gasteiger partial charge in [0, 0.05) is 50.2 Å². The molecule has 1 aliphatic heterocycles. The van der Waals surface area contributed by atoms with Crippen molar-refractivity contribution in [3.63, 3.8) is 0 Å². The lowest BCUT2D eigenvalue weighted by Crippen LogP contribution is -2.44. The Hall–Kier alpha value is -3.92. The molecule has 0 spiro atoms. The van der Waals surface area contributed by atoms with E-state index >= 15 is 0 Å². The molecule has 0 saturated carbocycles. The van der Waals surface area contributed by atoms with E-state index in [1.54, 1.807) is 18.5 Å². The van der Waals surface area contributed by atoms with Crippen LogP contribution in [-0.4, -0.2) is 57.2 Å². The van der Waals surface area contributed by atoms with Crippen molar-refractivity contribution >= 4 is 28.5 Å². The summed E-state index contributed by atoms with van der Waals surface area (Å²) in [5.74, 6) is 1.23. The van der Waals surface area contributed by atoms with Crippen LogP contribution in [0.1, 0.15) is 13.8 Å². The molecule has 1 aliphatic rings. The molecule has 1 fully saturated rings. The van der Waals surface area contributed by atoms with Gasteiger partial charge in [-0.15, -0.1) is 0 Å². The smallest absolute Gasteiger partial charge is 0.225 e. The van der Waals surface area contributed by atoms with Crippen LogP contribution in [0.5, 0.6) is 5.75 Å². The highest BCUT2D eigenvalue weighted by Gasteiger charge is 2.15. The standard InChI is InChI=1S/C24H25FN8O/c1-15(2)34-21-11-17(25)3-4-19(21)32-23-22-20(29-14-30-23)6-5-18(31-22)16-12-27-24(28-13-16)33-9-7-26-8-10-33/h3-6,11-15,26H,7-10H2,1-2H3,(H,29,30,32). The number of anilines is 3. The van der Waals surface area contributed by atoms with Gasteiger partial charge in [-0.1, -0.05) is 0 Å². The highest BCUT2D eigenvalue weighted by atomic mass is 19.1. The third-order valence-electron chi connectivity index (χ3n) is 5.38. The third-order valence-corrected chi connectivity index (χ3v) is 5.38. The zero-order valence-electron chi connectivity index (χ0n) is 19.0. The number of hydrogen-bond donors (Lipinski definition) is 2. The molecule has 174 valence electrons. The fourth-order valence-electron chi connectivity index (χ4n) is 3.75. The van der Waals surface area contributed by atoms with E-state index in [2.05, 4.69) is 35.5 Å². The Morgan fingerprint density at radius 1 is 1.03 bits per heavy atom. The Morgan fingerprint density at radius 2 is 1.82 bits per heavy atom. The summed E-state index contributed by atoms with van der Waals surface area (Å²) in [7, 11) is 0. The molecule has 4 aromatic rings. The maximum atomic E-state index is 13.8. The van der Waals surface area contributed by atoms with E-state index in [1.807, 2.05) is 26.0 Å². The first-order chi connectivity index (χ1) is 16.6. The summed E-state index contributed by atoms with van der Waals surface area (Å²) in [6.45, 7) is 7.38. The zero-order chi connectivity index (χ0) is 23.5. The van der Waals surface area contributed by atoms with Crippen molar-refractivity contribution in [2.75, 3.05) is 36.4 Å². The second-order valence-corrected chi connectivity index (χ2v) is 8.23. The Balaban J connectivity index is 1.46. The molecule has 9 nitrogen and oxygen atoms in total. The summed E-state index contributed by atoms with van der Waals surface area (Å²) in [6, 6.07) is 8.10. The molecule has 1 aromatic carbocycles. The fraction of sp³-hybridized carbons (Fsp3) is 0.292. The fourth-order valence-corrected chi connectivity index (χ4v) is 3.75. The summed E-state index contributed by atoms with van der Waals surface area (Å²) < 4.78 is 19.6. The number of nitrogens with one attached hydrogen (secondary N) is 2. The second-order valence-electron chi connectivity index (χ2n) is 8.23. The average molecular weight is 461 g/mol. The van der Waals surface area contributed by atoms with Crippen LogP contribution in [0.25, 0.3) is 22.3 Å². The predicted molar refractivity (Wildman–Crippen MR) is 129 cm³/mol. The molecule has 0 atom stereocenters. The Bertz CT molecular complexity index is 1290. The first-order valence-corrected chi connectivity index (χ1v) is 11.2. The average Bonchev–Trinajstić information content (AvgIpc) is 2.86. The highest BCUT2D eigenvalue weighted by molar-refractivity contribution is 5.89. The number of nitrogens with zero attached hydrogens (tertiary/aromatic N) is 6. The quantitative estimate of drug-likeness (QED) is 0.447. The number of hydrogen-bond acceptors (Lipinski definition) is 9. The molecule has 1 saturated heterocycles. The minimum Gasteiger partial charge on any atom is -0.489 e. The van der Waals surface area contributed by atoms with Crippen molar-refractivity contribution in [2.45, 2.75) is 20.0 Å². The lowest BCUT2D eigenvalue weighted by Gasteiger charge is -2.27. The van der Waals surface area contributed by atoms with E-state index in [0.717, 1.165) is 31.7 Å². The molecule has 0 amide bonds. The van der Waals surface area contributed by atoms with Crippen molar-refractivity contribution in [3.8, 4) is 17.0 Å². The molecular weight excluding hydrogens is 435 g/mol. The Morgan fingerprint density at radius 3 is 2.59 bits per heavy atom. The van der Waals surface area contributed by atoms with Gasteiger partial charge in [-0.2, -0.15) is 0 Å². The lowest BCUT2D eigenvalue weighted by atomic mass is 10.2. The van der Waals surface area contributed by atoms with Crippen LogP contribution in [0.2, 0.25) is 0 Å². The molecule has 0 aliphatic carbocycles. The first kappa shape index (κ1) is 21.9. The number of fused-ring (bicyclic) bond motifs is 1. The van der Waals surface area contributed by atoms with Crippen molar-refractivity contribution in [2.24, 2.45) is 0 Å². The van der Waals surface area contributed by atoms with Gasteiger partial charge in [0.15, 0.2) is 5.82 Å². The number of pyridine rings is 1. The molecule has 0 radical (unpaired) electrons. The summed E-state index contributed by atoms with van der Waals surface area (Å²) in [5, 5.41) is 6.55. The maximum absolute atomic E-state index is 13.8. The number of piperazine rings is 1. The first-order valence-electron chi connectivity index (χ1n) is 11.2. The number of halogens is 1. The van der Waals surface area contributed by atoms with Crippen molar-refractivity contribution in [1.29, 1.82) is 0 Å². The van der Waals surface area contributed by atoms with Gasteiger partial charge in [0.1, 0.15) is 23.4 Å². The molecule has 0 unspecified atom stereocenters. The van der Waals surface area contributed by atoms with Crippen LogP contribution >= 0.6 is 0 Å². The molecular formula is C24H25FN8O. The summed E-state index contributed by atoms with van der Waals surface area (Å²) in [6.07, 6.45) is 4.91. The van der Waals surface area contributed by atoms with Crippen molar-refractivity contribution in [1.82, 2.24) is 30.2 Å². The second kappa shape index (κ2) is 9.52. The van der Waals surface area contributed by atoms with Gasteiger partial charge in [-0.25, -0.2) is 29.3 Å². The molecule has 10 heteroatoms. The van der Waals surface area contributed by atoms with Crippen LogP contribution in [0, 0.1) is 5.82 Å².